The van der Waals surface area contributed by atoms with Crippen LogP contribution in [0.1, 0.15) is 24.3 Å². The number of rotatable bonds is 4. The number of benzene rings is 1. The lowest BCUT2D eigenvalue weighted by Crippen LogP contribution is -2.28. The first-order chi connectivity index (χ1) is 10.1. The van der Waals surface area contributed by atoms with Gasteiger partial charge in [-0.25, -0.2) is 4.79 Å². The number of ether oxygens (including phenoxy) is 1. The summed E-state index contributed by atoms with van der Waals surface area (Å²) in [5.41, 5.74) is 1.68. The summed E-state index contributed by atoms with van der Waals surface area (Å²) in [7, 11) is 0. The first-order valence-electron chi connectivity index (χ1n) is 6.60. The van der Waals surface area contributed by atoms with E-state index in [-0.39, 0.29) is 0 Å². The fourth-order valence-corrected chi connectivity index (χ4v) is 2.39. The van der Waals surface area contributed by atoms with E-state index in [1.54, 1.807) is 19.1 Å². The van der Waals surface area contributed by atoms with Gasteiger partial charge in [0.15, 0.2) is 5.11 Å². The zero-order valence-electron chi connectivity index (χ0n) is 11.7. The highest BCUT2D eigenvalue weighted by Crippen LogP contribution is 2.30. The van der Waals surface area contributed by atoms with E-state index in [0.717, 1.165) is 10.9 Å². The second kappa shape index (κ2) is 6.78. The Bertz CT molecular complexity index is 684. The van der Waals surface area contributed by atoms with E-state index >= 15 is 0 Å². The average molecular weight is 326 g/mol. The van der Waals surface area contributed by atoms with E-state index < -0.39 is 5.97 Å². The smallest absolute Gasteiger partial charge is 0.356 e. The molecular weight excluding hydrogens is 310 g/mol. The number of hydrogen-bond donors (Lipinski definition) is 3. The van der Waals surface area contributed by atoms with Crippen molar-refractivity contribution >= 4 is 51.5 Å². The molecule has 112 valence electrons. The number of hydrogen-bond acceptors (Lipinski definition) is 3. The second-order valence-corrected chi connectivity index (χ2v) is 5.11. The zero-order valence-corrected chi connectivity index (χ0v) is 13.3. The third-order valence-corrected chi connectivity index (χ3v) is 3.30. The normalized spacial score (nSPS) is 10.4. The molecule has 0 saturated heterocycles. The Kier molecular flexibility index (Phi) is 5.03. The molecule has 0 atom stereocenters. The summed E-state index contributed by atoms with van der Waals surface area (Å²) < 4.78 is 5.06. The molecule has 0 spiro atoms. The molecule has 0 saturated carbocycles. The van der Waals surface area contributed by atoms with Gasteiger partial charge in [0, 0.05) is 22.5 Å². The monoisotopic (exact) mass is 325 g/mol. The lowest BCUT2D eigenvalue weighted by Gasteiger charge is -2.10. The molecule has 0 bridgehead atoms. The molecule has 5 nitrogen and oxygen atoms in total. The maximum absolute atomic E-state index is 12.1. The van der Waals surface area contributed by atoms with Gasteiger partial charge in [-0.15, -0.1) is 0 Å². The number of esters is 1. The number of fused-ring (bicyclic) bond motifs is 1. The molecule has 3 N–H and O–H groups in total. The predicted octanol–water partition coefficient (Wildman–Crippen LogP) is 3.30. The summed E-state index contributed by atoms with van der Waals surface area (Å²) in [5.74, 6) is -0.438. The van der Waals surface area contributed by atoms with E-state index in [9.17, 15) is 4.79 Å². The number of thiocarbonyl (C=S) groups is 1. The maximum Gasteiger partial charge on any atom is 0.356 e. The van der Waals surface area contributed by atoms with Crippen LogP contribution in [0.25, 0.3) is 10.9 Å². The fourth-order valence-electron chi connectivity index (χ4n) is 1.97. The Morgan fingerprint density at radius 1 is 1.43 bits per heavy atom. The first-order valence-corrected chi connectivity index (χ1v) is 7.38. The van der Waals surface area contributed by atoms with Crippen LogP contribution in [0.15, 0.2) is 18.2 Å². The highest BCUT2D eigenvalue weighted by Gasteiger charge is 2.19. The molecule has 0 radical (unpaired) electrons. The maximum atomic E-state index is 12.1. The molecule has 0 unspecified atom stereocenters. The van der Waals surface area contributed by atoms with Crippen LogP contribution in [0.2, 0.25) is 5.02 Å². The first kappa shape index (κ1) is 15.6. The third kappa shape index (κ3) is 3.46. The van der Waals surface area contributed by atoms with Crippen molar-refractivity contribution in [1.82, 2.24) is 10.3 Å². The molecule has 7 heteroatoms. The number of H-pyrrole nitrogens is 1. The zero-order chi connectivity index (χ0) is 15.4. The summed E-state index contributed by atoms with van der Waals surface area (Å²) in [5, 5.41) is 7.81. The Hall–Kier alpha value is -1.79. The van der Waals surface area contributed by atoms with Crippen LogP contribution in [-0.2, 0) is 4.74 Å². The topological polar surface area (TPSA) is 66.2 Å². The minimum atomic E-state index is -0.438. The Balaban J connectivity index is 2.50. The van der Waals surface area contributed by atoms with Gasteiger partial charge in [0.2, 0.25) is 0 Å². The van der Waals surface area contributed by atoms with Crippen molar-refractivity contribution in [3.63, 3.8) is 0 Å². The minimum Gasteiger partial charge on any atom is -0.461 e. The molecule has 0 amide bonds. The van der Waals surface area contributed by atoms with E-state index in [1.807, 2.05) is 13.0 Å². The van der Waals surface area contributed by atoms with Gasteiger partial charge in [-0.1, -0.05) is 11.6 Å². The summed E-state index contributed by atoms with van der Waals surface area (Å²) in [6.07, 6.45) is 0. The SMILES string of the molecule is CCNC(=S)Nc1c(C(=O)OCC)[nH]c2ccc(Cl)cc12. The molecule has 21 heavy (non-hydrogen) atoms. The lowest BCUT2D eigenvalue weighted by atomic mass is 10.2. The van der Waals surface area contributed by atoms with Gasteiger partial charge in [-0.2, -0.15) is 0 Å². The van der Waals surface area contributed by atoms with Crippen LogP contribution >= 0.6 is 23.8 Å². The molecule has 0 aliphatic heterocycles. The molecule has 0 fully saturated rings. The van der Waals surface area contributed by atoms with E-state index in [1.165, 1.54) is 0 Å². The standard InChI is InChI=1S/C14H16ClN3O2S/c1-3-16-14(21)18-11-9-7-8(15)5-6-10(9)17-12(11)13(19)20-4-2/h5-7,17H,3-4H2,1-2H3,(H2,16,18,21). The fraction of sp³-hybridized carbons (Fsp3) is 0.286. The molecule has 2 rings (SSSR count). The number of nitrogens with one attached hydrogen (secondary N) is 3. The molecule has 1 aromatic carbocycles. The van der Waals surface area contributed by atoms with Gasteiger partial charge in [-0.3, -0.25) is 0 Å². The van der Waals surface area contributed by atoms with Crippen molar-refractivity contribution in [2.75, 3.05) is 18.5 Å². The molecular formula is C14H16ClN3O2S. The Morgan fingerprint density at radius 2 is 2.19 bits per heavy atom. The summed E-state index contributed by atoms with van der Waals surface area (Å²) in [6.45, 7) is 4.68. The van der Waals surface area contributed by atoms with Gasteiger partial charge in [0.1, 0.15) is 5.69 Å². The number of halogens is 1. The van der Waals surface area contributed by atoms with Crippen LogP contribution in [0.3, 0.4) is 0 Å². The van der Waals surface area contributed by atoms with Crippen LogP contribution in [0.4, 0.5) is 5.69 Å². The van der Waals surface area contributed by atoms with Crippen molar-refractivity contribution in [1.29, 1.82) is 0 Å². The lowest BCUT2D eigenvalue weighted by molar-refractivity contribution is 0.0522. The van der Waals surface area contributed by atoms with Crippen molar-refractivity contribution in [3.8, 4) is 0 Å². The van der Waals surface area contributed by atoms with E-state index in [2.05, 4.69) is 15.6 Å². The van der Waals surface area contributed by atoms with Crippen molar-refractivity contribution in [3.05, 3.63) is 28.9 Å². The molecule has 0 aliphatic carbocycles. The molecule has 0 aliphatic rings. The van der Waals surface area contributed by atoms with Gasteiger partial charge in [0.05, 0.1) is 12.3 Å². The number of aromatic nitrogens is 1. The van der Waals surface area contributed by atoms with Gasteiger partial charge >= 0.3 is 5.97 Å². The van der Waals surface area contributed by atoms with Gasteiger partial charge in [-0.05, 0) is 44.3 Å². The van der Waals surface area contributed by atoms with Gasteiger partial charge < -0.3 is 20.4 Å². The second-order valence-electron chi connectivity index (χ2n) is 4.27. The number of aromatic amines is 1. The average Bonchev–Trinajstić information content (AvgIpc) is 2.78. The highest BCUT2D eigenvalue weighted by atomic mass is 35.5. The Labute approximate surface area is 133 Å². The predicted molar refractivity (Wildman–Crippen MR) is 89.2 cm³/mol. The largest absolute Gasteiger partial charge is 0.461 e. The number of carbonyl (C=O) groups is 1. The van der Waals surface area contributed by atoms with Crippen molar-refractivity contribution in [2.45, 2.75) is 13.8 Å². The van der Waals surface area contributed by atoms with Crippen LogP contribution in [0.5, 0.6) is 0 Å². The summed E-state index contributed by atoms with van der Waals surface area (Å²) in [6, 6.07) is 5.33. The summed E-state index contributed by atoms with van der Waals surface area (Å²) >= 11 is 11.2. The van der Waals surface area contributed by atoms with E-state index in [4.69, 9.17) is 28.6 Å². The van der Waals surface area contributed by atoms with Crippen molar-refractivity contribution < 1.29 is 9.53 Å². The number of anilines is 1. The quantitative estimate of drug-likeness (QED) is 0.594. The Morgan fingerprint density at radius 3 is 2.86 bits per heavy atom. The molecule has 1 heterocycles. The summed E-state index contributed by atoms with van der Waals surface area (Å²) in [4.78, 5) is 15.1. The van der Waals surface area contributed by atoms with E-state index in [0.29, 0.717) is 34.7 Å². The van der Waals surface area contributed by atoms with Crippen LogP contribution in [-0.4, -0.2) is 29.2 Å². The highest BCUT2D eigenvalue weighted by molar-refractivity contribution is 7.80. The third-order valence-electron chi connectivity index (χ3n) is 2.82. The van der Waals surface area contributed by atoms with Gasteiger partial charge in [0.25, 0.3) is 0 Å². The molecule has 1 aromatic heterocycles. The van der Waals surface area contributed by atoms with Crippen molar-refractivity contribution in [2.24, 2.45) is 0 Å². The molecule has 2 aromatic rings. The number of carbonyl (C=O) groups excluding carboxylic acids is 1. The minimum absolute atomic E-state index is 0.298. The van der Waals surface area contributed by atoms with Crippen LogP contribution in [0, 0.1) is 0 Å². The van der Waals surface area contributed by atoms with Crippen LogP contribution < -0.4 is 10.6 Å².